The Balaban J connectivity index is 1.33. The first-order valence-electron chi connectivity index (χ1n) is 12.7. The fourth-order valence-electron chi connectivity index (χ4n) is 4.68. The summed E-state index contributed by atoms with van der Waals surface area (Å²) in [4.78, 5) is 32.2. The molecular weight excluding hydrogens is 461 g/mol. The molecule has 10 heteroatoms. The van der Waals surface area contributed by atoms with Gasteiger partial charge in [-0.2, -0.15) is 0 Å². The molecule has 3 aromatic heterocycles. The maximum Gasteiger partial charge on any atom is 0.272 e. The van der Waals surface area contributed by atoms with Crippen LogP contribution in [0.1, 0.15) is 61.4 Å². The predicted molar refractivity (Wildman–Crippen MR) is 133 cm³/mol. The van der Waals surface area contributed by atoms with Crippen molar-refractivity contribution in [1.82, 2.24) is 29.4 Å². The number of ether oxygens (including phenoxy) is 1. The molecule has 3 aromatic rings. The monoisotopic (exact) mass is 493 g/mol. The smallest absolute Gasteiger partial charge is 0.272 e. The number of rotatable bonds is 9. The third kappa shape index (κ3) is 5.38. The molecule has 0 atom stereocenters. The van der Waals surface area contributed by atoms with Gasteiger partial charge in [0.2, 0.25) is 5.95 Å². The van der Waals surface area contributed by atoms with Gasteiger partial charge in [0.15, 0.2) is 5.82 Å². The maximum atomic E-state index is 14.9. The van der Waals surface area contributed by atoms with Crippen molar-refractivity contribution in [1.29, 1.82) is 0 Å². The number of nitrogens with one attached hydrogen (secondary N) is 1. The summed E-state index contributed by atoms with van der Waals surface area (Å²) in [5, 5.41) is 3.08. The number of halogens is 1. The van der Waals surface area contributed by atoms with E-state index in [2.05, 4.69) is 32.2 Å². The first-order valence-corrected chi connectivity index (χ1v) is 12.7. The number of amides is 1. The highest BCUT2D eigenvalue weighted by Gasteiger charge is 2.27. The van der Waals surface area contributed by atoms with Crippen LogP contribution in [0.25, 0.3) is 11.4 Å². The molecule has 2 fully saturated rings. The van der Waals surface area contributed by atoms with Crippen LogP contribution in [0.3, 0.4) is 0 Å². The maximum absolute atomic E-state index is 14.9. The van der Waals surface area contributed by atoms with Crippen LogP contribution in [0.4, 0.5) is 16.0 Å². The highest BCUT2D eigenvalue weighted by molar-refractivity contribution is 5.92. The van der Waals surface area contributed by atoms with Crippen molar-refractivity contribution in [3.05, 3.63) is 48.1 Å². The van der Waals surface area contributed by atoms with E-state index in [1.54, 1.807) is 24.5 Å². The molecule has 0 aromatic carbocycles. The molecular formula is C26H32FN7O2. The van der Waals surface area contributed by atoms with E-state index in [-0.39, 0.29) is 23.6 Å². The number of nitrogens with zero attached hydrogens (tertiary/aromatic N) is 6. The van der Waals surface area contributed by atoms with Gasteiger partial charge in [-0.25, -0.2) is 24.3 Å². The molecule has 9 nitrogen and oxygen atoms in total. The summed E-state index contributed by atoms with van der Waals surface area (Å²) in [7, 11) is 0. The normalized spacial score (nSPS) is 16.2. The van der Waals surface area contributed by atoms with Crippen molar-refractivity contribution in [2.24, 2.45) is 5.92 Å². The second-order valence-electron chi connectivity index (χ2n) is 9.55. The molecule has 1 aliphatic heterocycles. The van der Waals surface area contributed by atoms with Gasteiger partial charge in [-0.1, -0.05) is 6.92 Å². The minimum atomic E-state index is -0.514. The third-order valence-corrected chi connectivity index (χ3v) is 6.72. The molecule has 36 heavy (non-hydrogen) atoms. The number of hydrogen-bond acceptors (Lipinski definition) is 7. The van der Waals surface area contributed by atoms with E-state index in [1.807, 2.05) is 16.4 Å². The number of pyridine rings is 1. The minimum Gasteiger partial charge on any atom is -0.381 e. The fourth-order valence-corrected chi connectivity index (χ4v) is 4.68. The molecule has 1 saturated heterocycles. The summed E-state index contributed by atoms with van der Waals surface area (Å²) in [6.45, 7) is 6.85. The van der Waals surface area contributed by atoms with Gasteiger partial charge in [0.25, 0.3) is 5.91 Å². The highest BCUT2D eigenvalue weighted by Crippen LogP contribution is 2.31. The Morgan fingerprint density at radius 1 is 1.14 bits per heavy atom. The van der Waals surface area contributed by atoms with Crippen LogP contribution in [-0.2, 0) is 4.74 Å². The minimum absolute atomic E-state index is 0.0487. The molecule has 190 valence electrons. The van der Waals surface area contributed by atoms with Crippen molar-refractivity contribution in [3.63, 3.8) is 0 Å². The number of aryl methyl sites for hydroxylation is 1. The zero-order valence-corrected chi connectivity index (χ0v) is 20.8. The van der Waals surface area contributed by atoms with Gasteiger partial charge in [-0.05, 0) is 57.1 Å². The van der Waals surface area contributed by atoms with Crippen LogP contribution in [0.5, 0.6) is 0 Å². The average molecular weight is 494 g/mol. The number of aromatic nitrogens is 5. The lowest BCUT2D eigenvalue weighted by atomic mass is 10.1. The molecule has 2 aliphatic rings. The van der Waals surface area contributed by atoms with Gasteiger partial charge in [-0.3, -0.25) is 4.79 Å². The lowest BCUT2D eigenvalue weighted by Gasteiger charge is -2.26. The predicted octanol–water partition coefficient (Wildman–Crippen LogP) is 4.54. The molecule has 0 unspecified atom stereocenters. The summed E-state index contributed by atoms with van der Waals surface area (Å²) < 4.78 is 22.4. The zero-order valence-electron chi connectivity index (χ0n) is 20.8. The molecule has 0 bridgehead atoms. The Bertz CT molecular complexity index is 1200. The van der Waals surface area contributed by atoms with Crippen molar-refractivity contribution in [2.75, 3.05) is 31.6 Å². The lowest BCUT2D eigenvalue weighted by Crippen LogP contribution is -2.34. The Kier molecular flexibility index (Phi) is 7.22. The van der Waals surface area contributed by atoms with Crippen LogP contribution in [0, 0.1) is 18.7 Å². The van der Waals surface area contributed by atoms with E-state index in [0.717, 1.165) is 44.4 Å². The van der Waals surface area contributed by atoms with Gasteiger partial charge in [0.05, 0.1) is 30.0 Å². The first kappa shape index (κ1) is 24.3. The van der Waals surface area contributed by atoms with Crippen LogP contribution in [0.15, 0.2) is 30.7 Å². The van der Waals surface area contributed by atoms with Crippen molar-refractivity contribution in [2.45, 2.75) is 52.0 Å². The van der Waals surface area contributed by atoms with Crippen molar-refractivity contribution in [3.8, 4) is 11.4 Å². The van der Waals surface area contributed by atoms with E-state index < -0.39 is 5.82 Å². The topological polar surface area (TPSA) is 98.1 Å². The third-order valence-electron chi connectivity index (χ3n) is 6.72. The first-order chi connectivity index (χ1) is 17.5. The Morgan fingerprint density at radius 3 is 2.64 bits per heavy atom. The molecule has 1 aliphatic carbocycles. The zero-order chi connectivity index (χ0) is 25.1. The van der Waals surface area contributed by atoms with E-state index in [0.29, 0.717) is 36.2 Å². The number of imidazole rings is 1. The van der Waals surface area contributed by atoms with Crippen LogP contribution < -0.4 is 5.32 Å². The summed E-state index contributed by atoms with van der Waals surface area (Å²) in [5.41, 5.74) is 1.83. The molecule has 1 saturated carbocycles. The summed E-state index contributed by atoms with van der Waals surface area (Å²) in [6, 6.07) is 3.65. The second-order valence-corrected chi connectivity index (χ2v) is 9.55. The molecule has 5 rings (SSSR count). The number of carbonyl (C=O) groups is 1. The lowest BCUT2D eigenvalue weighted by molar-refractivity contribution is 0.0694. The van der Waals surface area contributed by atoms with Crippen LogP contribution >= 0.6 is 0 Å². The Morgan fingerprint density at radius 2 is 1.94 bits per heavy atom. The van der Waals surface area contributed by atoms with Gasteiger partial charge in [-0.15, -0.1) is 0 Å². The number of carbonyl (C=O) groups excluding carboxylic acids is 1. The molecule has 4 heterocycles. The average Bonchev–Trinajstić information content (AvgIpc) is 3.64. The van der Waals surface area contributed by atoms with E-state index in [1.165, 1.54) is 12.8 Å². The van der Waals surface area contributed by atoms with Gasteiger partial charge in [0, 0.05) is 32.3 Å². The standard InChI is InChI=1S/C26H32FN7O2/c1-3-10-33(16-18-4-5-18)25(35)22-7-6-19(13-29-22)31-26-30-14-21(27)24(32-26)23-15-28-17(2)34(23)20-8-11-36-12-9-20/h6-7,13-15,18,20H,3-5,8-12,16H2,1-2H3,(H,30,31,32). The molecule has 0 spiro atoms. The Labute approximate surface area is 210 Å². The number of hydrogen-bond donors (Lipinski definition) is 1. The SMILES string of the molecule is CCCN(CC1CC1)C(=O)c1ccc(Nc2ncc(F)c(-c3cnc(C)n3C3CCOCC3)n2)cn1. The van der Waals surface area contributed by atoms with Crippen molar-refractivity contribution >= 4 is 17.5 Å². The highest BCUT2D eigenvalue weighted by atomic mass is 19.1. The summed E-state index contributed by atoms with van der Waals surface area (Å²) in [5.74, 6) is 1.11. The largest absolute Gasteiger partial charge is 0.381 e. The van der Waals surface area contributed by atoms with Crippen molar-refractivity contribution < 1.29 is 13.9 Å². The second kappa shape index (κ2) is 10.7. The van der Waals surface area contributed by atoms with Crippen LogP contribution in [-0.4, -0.2) is 61.6 Å². The Hall–Kier alpha value is -3.40. The van der Waals surface area contributed by atoms with Gasteiger partial charge >= 0.3 is 0 Å². The summed E-state index contributed by atoms with van der Waals surface area (Å²) in [6.07, 6.45) is 9.38. The van der Waals surface area contributed by atoms with E-state index in [4.69, 9.17) is 4.74 Å². The fraction of sp³-hybridized carbons (Fsp3) is 0.500. The molecule has 1 N–H and O–H groups in total. The summed E-state index contributed by atoms with van der Waals surface area (Å²) >= 11 is 0. The number of anilines is 2. The molecule has 0 radical (unpaired) electrons. The quantitative estimate of drug-likeness (QED) is 0.467. The van der Waals surface area contributed by atoms with Gasteiger partial charge < -0.3 is 19.5 Å². The van der Waals surface area contributed by atoms with E-state index in [9.17, 15) is 9.18 Å². The van der Waals surface area contributed by atoms with Gasteiger partial charge in [0.1, 0.15) is 17.2 Å². The van der Waals surface area contributed by atoms with Crippen LogP contribution in [0.2, 0.25) is 0 Å². The molecule has 1 amide bonds. The van der Waals surface area contributed by atoms with E-state index >= 15 is 0 Å².